The van der Waals surface area contributed by atoms with E-state index in [4.69, 9.17) is 5.26 Å². The van der Waals surface area contributed by atoms with E-state index in [1.165, 1.54) is 0 Å². The van der Waals surface area contributed by atoms with Crippen molar-refractivity contribution in [2.24, 2.45) is 4.99 Å². The third-order valence-corrected chi connectivity index (χ3v) is 4.74. The molecule has 0 saturated carbocycles. The molecule has 3 rings (SSSR count). The van der Waals surface area contributed by atoms with Crippen LogP contribution in [0.3, 0.4) is 0 Å². The molecule has 1 atom stereocenters. The van der Waals surface area contributed by atoms with Gasteiger partial charge in [0.2, 0.25) is 12.2 Å². The minimum absolute atomic E-state index is 0.169. The molecule has 166 valence electrons. The van der Waals surface area contributed by atoms with Gasteiger partial charge in [0.25, 0.3) is 5.91 Å². The van der Waals surface area contributed by atoms with Crippen LogP contribution in [0, 0.1) is 11.5 Å². The fourth-order valence-corrected chi connectivity index (χ4v) is 3.11. The predicted octanol–water partition coefficient (Wildman–Crippen LogP) is 3.15. The Hall–Kier alpha value is -4.64. The van der Waals surface area contributed by atoms with Crippen LogP contribution in [-0.4, -0.2) is 29.0 Å². The maximum atomic E-state index is 12.7. The minimum atomic E-state index is -1.12. The highest BCUT2D eigenvalue weighted by atomic mass is 16.4. The van der Waals surface area contributed by atoms with Gasteiger partial charge < -0.3 is 21.1 Å². The lowest BCUT2D eigenvalue weighted by atomic mass is 10.1. The first kappa shape index (κ1) is 23.0. The van der Waals surface area contributed by atoms with Crippen LogP contribution in [0.4, 0.5) is 5.69 Å². The molecule has 0 aliphatic carbocycles. The largest absolute Gasteiger partial charge is 0.480 e. The molecule has 4 N–H and O–H groups in total. The Balaban J connectivity index is 1.66. The lowest BCUT2D eigenvalue weighted by Gasteiger charge is -2.16. The molecule has 0 aliphatic rings. The maximum Gasteiger partial charge on any atom is 0.326 e. The van der Waals surface area contributed by atoms with Crippen LogP contribution in [-0.2, 0) is 17.8 Å². The van der Waals surface area contributed by atoms with Gasteiger partial charge in [-0.2, -0.15) is 5.26 Å². The zero-order chi connectivity index (χ0) is 23.5. The monoisotopic (exact) mass is 441 g/mol. The Morgan fingerprint density at radius 2 is 1.61 bits per heavy atom. The predicted molar refractivity (Wildman–Crippen MR) is 125 cm³/mol. The molecule has 0 bridgehead atoms. The Labute approximate surface area is 191 Å². The minimum Gasteiger partial charge on any atom is -0.480 e. The van der Waals surface area contributed by atoms with Gasteiger partial charge in [-0.15, -0.1) is 4.99 Å². The number of hydrogen-bond donors (Lipinski definition) is 4. The molecule has 8 heteroatoms. The molecule has 0 aromatic heterocycles. The molecular weight excluding hydrogens is 418 g/mol. The average molecular weight is 441 g/mol. The van der Waals surface area contributed by atoms with Gasteiger partial charge in [0.05, 0.1) is 0 Å². The second-order valence-electron chi connectivity index (χ2n) is 7.16. The topological polar surface area (TPSA) is 127 Å². The Morgan fingerprint density at radius 1 is 0.939 bits per heavy atom. The van der Waals surface area contributed by atoms with Crippen molar-refractivity contribution in [3.05, 3.63) is 102 Å². The Kier molecular flexibility index (Phi) is 8.15. The highest BCUT2D eigenvalue weighted by molar-refractivity contribution is 5.99. The number of carbonyl (C=O) groups excluding carboxylic acids is 1. The van der Waals surface area contributed by atoms with Gasteiger partial charge in [0.15, 0.2) is 0 Å². The number of carbonyl (C=O) groups is 2. The molecule has 1 unspecified atom stereocenters. The van der Waals surface area contributed by atoms with E-state index in [9.17, 15) is 14.7 Å². The van der Waals surface area contributed by atoms with Crippen molar-refractivity contribution >= 4 is 23.5 Å². The van der Waals surface area contributed by atoms with Crippen LogP contribution < -0.4 is 16.0 Å². The molecule has 3 aromatic carbocycles. The summed E-state index contributed by atoms with van der Waals surface area (Å²) >= 11 is 0. The first-order valence-corrected chi connectivity index (χ1v) is 10.2. The smallest absolute Gasteiger partial charge is 0.326 e. The summed E-state index contributed by atoms with van der Waals surface area (Å²) in [5, 5.41) is 27.1. The van der Waals surface area contributed by atoms with E-state index in [2.05, 4.69) is 20.9 Å². The SMILES string of the molecule is N#CN=C(NCc1ccccc1)Nc1cccc(C(=O)NC(Cc2ccccc2)C(=O)O)c1. The number of hydrogen-bond acceptors (Lipinski definition) is 4. The molecule has 0 aliphatic heterocycles. The number of aliphatic imine (C=N–C) groups is 1. The number of guanidine groups is 1. The third kappa shape index (κ3) is 7.22. The zero-order valence-corrected chi connectivity index (χ0v) is 17.7. The molecule has 0 spiro atoms. The van der Waals surface area contributed by atoms with Crippen molar-refractivity contribution in [3.63, 3.8) is 0 Å². The zero-order valence-electron chi connectivity index (χ0n) is 17.7. The van der Waals surface area contributed by atoms with Crippen molar-refractivity contribution in [1.29, 1.82) is 5.26 Å². The van der Waals surface area contributed by atoms with Crippen molar-refractivity contribution < 1.29 is 14.7 Å². The normalized spacial score (nSPS) is 11.7. The average Bonchev–Trinajstić information content (AvgIpc) is 2.83. The van der Waals surface area contributed by atoms with E-state index < -0.39 is 17.9 Å². The Morgan fingerprint density at radius 3 is 2.24 bits per heavy atom. The van der Waals surface area contributed by atoms with Crippen molar-refractivity contribution in [3.8, 4) is 6.19 Å². The molecule has 33 heavy (non-hydrogen) atoms. The van der Waals surface area contributed by atoms with Gasteiger partial charge in [-0.3, -0.25) is 4.79 Å². The Bertz CT molecular complexity index is 1160. The van der Waals surface area contributed by atoms with Crippen LogP contribution in [0.5, 0.6) is 0 Å². The molecule has 0 fully saturated rings. The molecule has 1 amide bonds. The van der Waals surface area contributed by atoms with Gasteiger partial charge in [-0.05, 0) is 29.3 Å². The van der Waals surface area contributed by atoms with Crippen molar-refractivity contribution in [2.45, 2.75) is 19.0 Å². The van der Waals surface area contributed by atoms with E-state index in [1.54, 1.807) is 30.5 Å². The molecular formula is C25H23N5O3. The fourth-order valence-electron chi connectivity index (χ4n) is 3.11. The van der Waals surface area contributed by atoms with Crippen molar-refractivity contribution in [1.82, 2.24) is 10.6 Å². The fraction of sp³-hybridized carbons (Fsp3) is 0.120. The van der Waals surface area contributed by atoms with Crippen molar-refractivity contribution in [2.75, 3.05) is 5.32 Å². The number of amides is 1. The quantitative estimate of drug-likeness (QED) is 0.242. The number of rotatable bonds is 8. The summed E-state index contributed by atoms with van der Waals surface area (Å²) in [5.74, 6) is -1.40. The summed E-state index contributed by atoms with van der Waals surface area (Å²) in [6, 6.07) is 24.2. The molecule has 0 radical (unpaired) electrons. The van der Waals surface area contributed by atoms with Gasteiger partial charge >= 0.3 is 5.97 Å². The summed E-state index contributed by atoms with van der Waals surface area (Å²) in [7, 11) is 0. The summed E-state index contributed by atoms with van der Waals surface area (Å²) < 4.78 is 0. The van der Waals surface area contributed by atoms with Crippen LogP contribution in [0.25, 0.3) is 0 Å². The number of benzene rings is 3. The summed E-state index contributed by atoms with van der Waals surface area (Å²) in [5.41, 5.74) is 2.62. The lowest BCUT2D eigenvalue weighted by molar-refractivity contribution is -0.139. The van der Waals surface area contributed by atoms with Gasteiger partial charge in [0.1, 0.15) is 6.04 Å². The molecule has 0 saturated heterocycles. The molecule has 8 nitrogen and oxygen atoms in total. The second kappa shape index (κ2) is 11.7. The number of nitrogens with one attached hydrogen (secondary N) is 3. The van der Waals surface area contributed by atoms with Crippen LogP contribution in [0.15, 0.2) is 89.9 Å². The summed E-state index contributed by atoms with van der Waals surface area (Å²) in [4.78, 5) is 28.1. The van der Waals surface area contributed by atoms with Crippen LogP contribution in [0.1, 0.15) is 21.5 Å². The van der Waals surface area contributed by atoms with Crippen LogP contribution >= 0.6 is 0 Å². The second-order valence-corrected chi connectivity index (χ2v) is 7.16. The number of carboxylic acid groups (broad SMARTS) is 1. The number of anilines is 1. The summed E-state index contributed by atoms with van der Waals surface area (Å²) in [6.45, 7) is 0.453. The van der Waals surface area contributed by atoms with E-state index in [0.717, 1.165) is 11.1 Å². The third-order valence-electron chi connectivity index (χ3n) is 4.74. The lowest BCUT2D eigenvalue weighted by Crippen LogP contribution is -2.42. The molecule has 3 aromatic rings. The first-order valence-electron chi connectivity index (χ1n) is 10.2. The number of nitrogens with zero attached hydrogens (tertiary/aromatic N) is 2. The number of nitriles is 1. The van der Waals surface area contributed by atoms with E-state index >= 15 is 0 Å². The van der Waals surface area contributed by atoms with Gasteiger partial charge in [0, 0.05) is 24.2 Å². The van der Waals surface area contributed by atoms with E-state index in [0.29, 0.717) is 12.2 Å². The first-order chi connectivity index (χ1) is 16.0. The van der Waals surface area contributed by atoms with Crippen LogP contribution in [0.2, 0.25) is 0 Å². The summed E-state index contributed by atoms with van der Waals surface area (Å²) in [6.07, 6.45) is 1.91. The maximum absolute atomic E-state index is 12.7. The number of aliphatic carboxylic acids is 1. The number of carboxylic acids is 1. The molecule has 0 heterocycles. The highest BCUT2D eigenvalue weighted by Crippen LogP contribution is 2.12. The standard InChI is InChI=1S/C25H23N5O3/c26-17-28-25(27-16-19-10-5-2-6-11-19)29-21-13-7-12-20(15-21)23(31)30-22(24(32)33)14-18-8-3-1-4-9-18/h1-13,15,22H,14,16H2,(H,30,31)(H,32,33)(H2,27,28,29). The van der Waals surface area contributed by atoms with Gasteiger partial charge in [-0.1, -0.05) is 66.7 Å². The van der Waals surface area contributed by atoms with E-state index in [-0.39, 0.29) is 17.9 Å². The highest BCUT2D eigenvalue weighted by Gasteiger charge is 2.21. The van der Waals surface area contributed by atoms with Gasteiger partial charge in [-0.25, -0.2) is 4.79 Å². The van der Waals surface area contributed by atoms with E-state index in [1.807, 2.05) is 60.7 Å².